The Labute approximate surface area is 88.0 Å². The molecular weight excluding hydrogens is 188 g/mol. The Morgan fingerprint density at radius 2 is 1.60 bits per heavy atom. The van der Waals surface area contributed by atoms with Gasteiger partial charge in [-0.15, -0.1) is 0 Å². The van der Waals surface area contributed by atoms with E-state index in [0.29, 0.717) is 5.82 Å². The van der Waals surface area contributed by atoms with Crippen LogP contribution in [0.3, 0.4) is 0 Å². The van der Waals surface area contributed by atoms with E-state index in [1.165, 1.54) is 0 Å². The summed E-state index contributed by atoms with van der Waals surface area (Å²) in [5, 5.41) is 0. The third-order valence-corrected chi connectivity index (χ3v) is 2.16. The van der Waals surface area contributed by atoms with Crippen LogP contribution in [0.2, 0.25) is 0 Å². The molecule has 76 valence electrons. The molecule has 0 aliphatic heterocycles. The zero-order valence-corrected chi connectivity index (χ0v) is 8.17. The average Bonchev–Trinajstić information content (AvgIpc) is 2.30. The Hall–Kier alpha value is -1.94. The standard InChI is InChI=1S/C11H12N4/c12-9-4-2-8(3-5-9)10(13)11-14-6-1-7-15-11/h1-7,10H,12-13H2. The molecule has 1 atom stereocenters. The van der Waals surface area contributed by atoms with Crippen molar-refractivity contribution in [1.82, 2.24) is 9.97 Å². The van der Waals surface area contributed by atoms with Crippen LogP contribution in [0.5, 0.6) is 0 Å². The lowest BCUT2D eigenvalue weighted by Gasteiger charge is -2.09. The van der Waals surface area contributed by atoms with Gasteiger partial charge in [-0.2, -0.15) is 0 Å². The second-order valence-electron chi connectivity index (χ2n) is 3.25. The molecule has 0 amide bonds. The fourth-order valence-electron chi connectivity index (χ4n) is 1.32. The molecule has 4 N–H and O–H groups in total. The van der Waals surface area contributed by atoms with E-state index in [-0.39, 0.29) is 6.04 Å². The summed E-state index contributed by atoms with van der Waals surface area (Å²) in [4.78, 5) is 8.22. The van der Waals surface area contributed by atoms with E-state index in [1.807, 2.05) is 24.3 Å². The zero-order valence-electron chi connectivity index (χ0n) is 8.17. The number of nitrogen functional groups attached to an aromatic ring is 1. The Kier molecular flexibility index (Phi) is 2.60. The van der Waals surface area contributed by atoms with Crippen LogP contribution < -0.4 is 11.5 Å². The van der Waals surface area contributed by atoms with Crippen molar-refractivity contribution in [3.8, 4) is 0 Å². The highest BCUT2D eigenvalue weighted by molar-refractivity contribution is 5.41. The summed E-state index contributed by atoms with van der Waals surface area (Å²) in [6.45, 7) is 0. The van der Waals surface area contributed by atoms with Gasteiger partial charge < -0.3 is 11.5 Å². The SMILES string of the molecule is Nc1ccc(C(N)c2ncccn2)cc1. The number of hydrogen-bond donors (Lipinski definition) is 2. The van der Waals surface area contributed by atoms with Crippen molar-refractivity contribution in [3.05, 3.63) is 54.1 Å². The first-order valence-electron chi connectivity index (χ1n) is 4.65. The number of nitrogens with zero attached hydrogens (tertiary/aromatic N) is 2. The minimum atomic E-state index is -0.299. The molecule has 0 saturated heterocycles. The number of nitrogens with two attached hydrogens (primary N) is 2. The van der Waals surface area contributed by atoms with Crippen molar-refractivity contribution >= 4 is 5.69 Å². The van der Waals surface area contributed by atoms with Crippen LogP contribution in [0.15, 0.2) is 42.7 Å². The molecule has 0 radical (unpaired) electrons. The van der Waals surface area contributed by atoms with Gasteiger partial charge in [0.15, 0.2) is 0 Å². The first kappa shape index (κ1) is 9.61. The van der Waals surface area contributed by atoms with Gasteiger partial charge in [0.2, 0.25) is 0 Å². The van der Waals surface area contributed by atoms with E-state index in [0.717, 1.165) is 11.3 Å². The lowest BCUT2D eigenvalue weighted by atomic mass is 10.1. The highest BCUT2D eigenvalue weighted by Gasteiger charge is 2.10. The van der Waals surface area contributed by atoms with Crippen molar-refractivity contribution in [2.75, 3.05) is 5.73 Å². The van der Waals surface area contributed by atoms with Crippen LogP contribution in [-0.4, -0.2) is 9.97 Å². The van der Waals surface area contributed by atoms with Crippen LogP contribution >= 0.6 is 0 Å². The molecule has 1 unspecified atom stereocenters. The number of anilines is 1. The van der Waals surface area contributed by atoms with Gasteiger partial charge in [0.1, 0.15) is 5.82 Å². The molecule has 0 aliphatic rings. The highest BCUT2D eigenvalue weighted by atomic mass is 14.9. The second-order valence-corrected chi connectivity index (χ2v) is 3.25. The molecule has 0 spiro atoms. The second kappa shape index (κ2) is 4.06. The van der Waals surface area contributed by atoms with Gasteiger partial charge >= 0.3 is 0 Å². The normalized spacial score (nSPS) is 12.3. The molecule has 0 fully saturated rings. The number of benzene rings is 1. The maximum atomic E-state index is 6.00. The van der Waals surface area contributed by atoms with E-state index in [4.69, 9.17) is 11.5 Å². The molecule has 4 heteroatoms. The molecular formula is C11H12N4. The minimum Gasteiger partial charge on any atom is -0.399 e. The molecule has 0 saturated carbocycles. The summed E-state index contributed by atoms with van der Waals surface area (Å²) in [5.74, 6) is 0.613. The lowest BCUT2D eigenvalue weighted by molar-refractivity contribution is 0.781. The van der Waals surface area contributed by atoms with Gasteiger partial charge in [-0.05, 0) is 23.8 Å². The van der Waals surface area contributed by atoms with E-state index < -0.39 is 0 Å². The van der Waals surface area contributed by atoms with Crippen molar-refractivity contribution in [3.63, 3.8) is 0 Å². The Bertz CT molecular complexity index is 424. The molecule has 15 heavy (non-hydrogen) atoms. The summed E-state index contributed by atoms with van der Waals surface area (Å²) in [7, 11) is 0. The fraction of sp³-hybridized carbons (Fsp3) is 0.0909. The summed E-state index contributed by atoms with van der Waals surface area (Å²) in [6, 6.07) is 8.87. The van der Waals surface area contributed by atoms with Gasteiger partial charge in [-0.1, -0.05) is 12.1 Å². The van der Waals surface area contributed by atoms with E-state index >= 15 is 0 Å². The lowest BCUT2D eigenvalue weighted by Crippen LogP contribution is -2.14. The number of hydrogen-bond acceptors (Lipinski definition) is 4. The van der Waals surface area contributed by atoms with Crippen molar-refractivity contribution in [2.24, 2.45) is 5.73 Å². The molecule has 0 bridgehead atoms. The van der Waals surface area contributed by atoms with Gasteiger partial charge in [0.05, 0.1) is 6.04 Å². The van der Waals surface area contributed by atoms with Crippen LogP contribution in [0.1, 0.15) is 17.4 Å². The molecule has 2 aromatic rings. The van der Waals surface area contributed by atoms with Crippen LogP contribution in [0.25, 0.3) is 0 Å². The third kappa shape index (κ3) is 2.11. The summed E-state index contributed by atoms with van der Waals surface area (Å²) in [6.07, 6.45) is 3.36. The van der Waals surface area contributed by atoms with Crippen LogP contribution in [0.4, 0.5) is 5.69 Å². The first-order chi connectivity index (χ1) is 7.27. The predicted octanol–water partition coefficient (Wildman–Crippen LogP) is 1.11. The first-order valence-corrected chi connectivity index (χ1v) is 4.65. The monoisotopic (exact) mass is 200 g/mol. The smallest absolute Gasteiger partial charge is 0.149 e. The van der Waals surface area contributed by atoms with E-state index in [2.05, 4.69) is 9.97 Å². The van der Waals surface area contributed by atoms with Gasteiger partial charge in [-0.25, -0.2) is 9.97 Å². The zero-order chi connectivity index (χ0) is 10.7. The predicted molar refractivity (Wildman–Crippen MR) is 58.9 cm³/mol. The highest BCUT2D eigenvalue weighted by Crippen LogP contribution is 2.16. The summed E-state index contributed by atoms with van der Waals surface area (Å²) >= 11 is 0. The molecule has 1 heterocycles. The van der Waals surface area contributed by atoms with E-state index in [1.54, 1.807) is 18.5 Å². The van der Waals surface area contributed by atoms with Gasteiger partial charge in [0, 0.05) is 18.1 Å². The third-order valence-electron chi connectivity index (χ3n) is 2.16. The summed E-state index contributed by atoms with van der Waals surface area (Å²) < 4.78 is 0. The van der Waals surface area contributed by atoms with Gasteiger partial charge in [-0.3, -0.25) is 0 Å². The maximum Gasteiger partial charge on any atom is 0.149 e. The number of aromatic nitrogens is 2. The fourth-order valence-corrected chi connectivity index (χ4v) is 1.32. The average molecular weight is 200 g/mol. The van der Waals surface area contributed by atoms with Crippen molar-refractivity contribution in [1.29, 1.82) is 0 Å². The summed E-state index contributed by atoms with van der Waals surface area (Å²) in [5.41, 5.74) is 13.3. The Balaban J connectivity index is 2.29. The van der Waals surface area contributed by atoms with Crippen molar-refractivity contribution in [2.45, 2.75) is 6.04 Å². The molecule has 4 nitrogen and oxygen atoms in total. The van der Waals surface area contributed by atoms with Crippen LogP contribution in [0, 0.1) is 0 Å². The van der Waals surface area contributed by atoms with Crippen LogP contribution in [-0.2, 0) is 0 Å². The molecule has 1 aromatic carbocycles. The Morgan fingerprint density at radius 1 is 1.00 bits per heavy atom. The van der Waals surface area contributed by atoms with E-state index in [9.17, 15) is 0 Å². The minimum absolute atomic E-state index is 0.299. The largest absolute Gasteiger partial charge is 0.399 e. The quantitative estimate of drug-likeness (QED) is 0.712. The molecule has 1 aromatic heterocycles. The maximum absolute atomic E-state index is 6.00. The Morgan fingerprint density at radius 3 is 2.20 bits per heavy atom. The van der Waals surface area contributed by atoms with Gasteiger partial charge in [0.25, 0.3) is 0 Å². The topological polar surface area (TPSA) is 77.8 Å². The molecule has 0 aliphatic carbocycles. The number of rotatable bonds is 2. The molecule has 2 rings (SSSR count). The van der Waals surface area contributed by atoms with Crippen molar-refractivity contribution < 1.29 is 0 Å².